The van der Waals surface area contributed by atoms with Gasteiger partial charge in [0, 0.05) is 17.8 Å². The van der Waals surface area contributed by atoms with Crippen LogP contribution in [0.5, 0.6) is 0 Å². The maximum absolute atomic E-state index is 5.88. The number of nitrogen functional groups attached to an aromatic ring is 1. The monoisotopic (exact) mass is 202 g/mol. The lowest BCUT2D eigenvalue weighted by molar-refractivity contribution is -0.0505. The van der Waals surface area contributed by atoms with Crippen LogP contribution in [0, 0.1) is 0 Å². The van der Waals surface area contributed by atoms with Crippen LogP contribution in [0.3, 0.4) is 0 Å². The molecule has 1 aromatic rings. The SMILES string of the molecule is Nc1cccc(C23CCCCN2CC3)c1. The lowest BCUT2D eigenvalue weighted by Crippen LogP contribution is -2.59. The Bertz CT molecular complexity index is 375. The first kappa shape index (κ1) is 9.22. The number of anilines is 1. The topological polar surface area (TPSA) is 29.3 Å². The highest BCUT2D eigenvalue weighted by molar-refractivity contribution is 5.44. The van der Waals surface area contributed by atoms with Crippen molar-refractivity contribution in [1.82, 2.24) is 4.90 Å². The van der Waals surface area contributed by atoms with E-state index in [9.17, 15) is 0 Å². The van der Waals surface area contributed by atoms with Gasteiger partial charge in [-0.2, -0.15) is 0 Å². The van der Waals surface area contributed by atoms with Crippen molar-refractivity contribution in [3.05, 3.63) is 29.8 Å². The molecule has 2 fully saturated rings. The summed E-state index contributed by atoms with van der Waals surface area (Å²) in [7, 11) is 0. The summed E-state index contributed by atoms with van der Waals surface area (Å²) in [5, 5.41) is 0. The summed E-state index contributed by atoms with van der Waals surface area (Å²) in [4.78, 5) is 2.63. The normalized spacial score (nSPS) is 30.7. The molecule has 2 saturated heterocycles. The quantitative estimate of drug-likeness (QED) is 0.708. The summed E-state index contributed by atoms with van der Waals surface area (Å²) in [5.74, 6) is 0. The van der Waals surface area contributed by atoms with E-state index in [1.54, 1.807) is 0 Å². The van der Waals surface area contributed by atoms with Gasteiger partial charge in [0.05, 0.1) is 0 Å². The highest BCUT2D eigenvalue weighted by atomic mass is 15.3. The van der Waals surface area contributed by atoms with Crippen LogP contribution in [-0.4, -0.2) is 18.0 Å². The molecule has 15 heavy (non-hydrogen) atoms. The van der Waals surface area contributed by atoms with Crippen LogP contribution in [-0.2, 0) is 5.54 Å². The molecule has 1 aromatic carbocycles. The molecule has 1 atom stereocenters. The Hall–Kier alpha value is -1.02. The van der Waals surface area contributed by atoms with Crippen molar-refractivity contribution in [2.75, 3.05) is 18.8 Å². The van der Waals surface area contributed by atoms with Crippen molar-refractivity contribution in [2.24, 2.45) is 0 Å². The fourth-order valence-electron chi connectivity index (χ4n) is 3.17. The lowest BCUT2D eigenvalue weighted by Gasteiger charge is -2.56. The first-order chi connectivity index (χ1) is 7.31. The predicted octanol–water partition coefficient (Wildman–Crippen LogP) is 2.35. The van der Waals surface area contributed by atoms with E-state index in [0.29, 0.717) is 5.54 Å². The van der Waals surface area contributed by atoms with Crippen molar-refractivity contribution in [2.45, 2.75) is 31.2 Å². The number of benzene rings is 1. The summed E-state index contributed by atoms with van der Waals surface area (Å²) >= 11 is 0. The van der Waals surface area contributed by atoms with Gasteiger partial charge in [0.25, 0.3) is 0 Å². The van der Waals surface area contributed by atoms with Crippen LogP contribution in [0.1, 0.15) is 31.2 Å². The minimum absolute atomic E-state index is 0.355. The van der Waals surface area contributed by atoms with Crippen LogP contribution < -0.4 is 5.73 Å². The molecular formula is C13H18N2. The highest BCUT2D eigenvalue weighted by Crippen LogP contribution is 2.47. The number of nitrogens with two attached hydrogens (primary N) is 1. The molecule has 0 aromatic heterocycles. The molecule has 2 nitrogen and oxygen atoms in total. The molecule has 0 aliphatic carbocycles. The second kappa shape index (κ2) is 3.24. The van der Waals surface area contributed by atoms with Gasteiger partial charge < -0.3 is 5.73 Å². The van der Waals surface area contributed by atoms with Crippen LogP contribution >= 0.6 is 0 Å². The molecule has 0 saturated carbocycles. The average Bonchev–Trinajstić information content (AvgIpc) is 2.20. The lowest BCUT2D eigenvalue weighted by atomic mass is 9.72. The first-order valence-electron chi connectivity index (χ1n) is 5.92. The van der Waals surface area contributed by atoms with E-state index < -0.39 is 0 Å². The molecule has 0 radical (unpaired) electrons. The Balaban J connectivity index is 1.98. The smallest absolute Gasteiger partial charge is 0.0473 e. The molecule has 0 bridgehead atoms. The molecule has 2 heteroatoms. The zero-order valence-corrected chi connectivity index (χ0v) is 9.08. The Morgan fingerprint density at radius 2 is 2.07 bits per heavy atom. The molecule has 2 N–H and O–H groups in total. The third-order valence-corrected chi connectivity index (χ3v) is 4.09. The van der Waals surface area contributed by atoms with Gasteiger partial charge in [-0.1, -0.05) is 12.1 Å². The number of piperidine rings is 1. The van der Waals surface area contributed by atoms with Gasteiger partial charge in [-0.25, -0.2) is 0 Å². The largest absolute Gasteiger partial charge is 0.399 e. The molecule has 0 amide bonds. The van der Waals surface area contributed by atoms with E-state index in [4.69, 9.17) is 5.73 Å². The van der Waals surface area contributed by atoms with Crippen LogP contribution in [0.25, 0.3) is 0 Å². The second-order valence-corrected chi connectivity index (χ2v) is 4.85. The van der Waals surface area contributed by atoms with Gasteiger partial charge in [0.2, 0.25) is 0 Å². The number of hydrogen-bond donors (Lipinski definition) is 1. The molecule has 80 valence electrons. The van der Waals surface area contributed by atoms with Crippen molar-refractivity contribution in [3.63, 3.8) is 0 Å². The number of nitrogens with zero attached hydrogens (tertiary/aromatic N) is 1. The van der Waals surface area contributed by atoms with E-state index >= 15 is 0 Å². The molecule has 2 aliphatic rings. The van der Waals surface area contributed by atoms with Gasteiger partial charge in [-0.15, -0.1) is 0 Å². The van der Waals surface area contributed by atoms with Gasteiger partial charge in [-0.05, 0) is 49.9 Å². The third-order valence-electron chi connectivity index (χ3n) is 4.09. The Morgan fingerprint density at radius 3 is 2.73 bits per heavy atom. The molecule has 2 aliphatic heterocycles. The zero-order valence-electron chi connectivity index (χ0n) is 9.08. The molecular weight excluding hydrogens is 184 g/mol. The van der Waals surface area contributed by atoms with Gasteiger partial charge in [-0.3, -0.25) is 4.90 Å². The van der Waals surface area contributed by atoms with Crippen LogP contribution in [0.15, 0.2) is 24.3 Å². The van der Waals surface area contributed by atoms with Crippen LogP contribution in [0.4, 0.5) is 5.69 Å². The third kappa shape index (κ3) is 1.28. The Kier molecular flexibility index (Phi) is 1.99. The molecule has 0 spiro atoms. The van der Waals surface area contributed by atoms with E-state index in [1.807, 2.05) is 6.07 Å². The first-order valence-corrected chi connectivity index (χ1v) is 5.92. The van der Waals surface area contributed by atoms with E-state index in [1.165, 1.54) is 44.3 Å². The maximum atomic E-state index is 5.88. The Labute approximate surface area is 91.1 Å². The maximum Gasteiger partial charge on any atom is 0.0473 e. The van der Waals surface area contributed by atoms with Crippen molar-refractivity contribution >= 4 is 5.69 Å². The fourth-order valence-corrected chi connectivity index (χ4v) is 3.17. The van der Waals surface area contributed by atoms with Gasteiger partial charge in [0.15, 0.2) is 0 Å². The molecule has 3 rings (SSSR count). The van der Waals surface area contributed by atoms with Crippen molar-refractivity contribution in [3.8, 4) is 0 Å². The predicted molar refractivity (Wildman–Crippen MR) is 62.6 cm³/mol. The minimum atomic E-state index is 0.355. The van der Waals surface area contributed by atoms with Crippen LogP contribution in [0.2, 0.25) is 0 Å². The minimum Gasteiger partial charge on any atom is -0.399 e. The molecule has 1 unspecified atom stereocenters. The summed E-state index contributed by atoms with van der Waals surface area (Å²) in [6, 6.07) is 8.47. The molecule has 2 heterocycles. The number of fused-ring (bicyclic) bond motifs is 1. The van der Waals surface area contributed by atoms with E-state index in [-0.39, 0.29) is 0 Å². The van der Waals surface area contributed by atoms with E-state index in [2.05, 4.69) is 23.1 Å². The Morgan fingerprint density at radius 1 is 1.13 bits per heavy atom. The summed E-state index contributed by atoms with van der Waals surface area (Å²) in [6.07, 6.45) is 5.36. The second-order valence-electron chi connectivity index (χ2n) is 4.85. The number of hydrogen-bond acceptors (Lipinski definition) is 2. The van der Waals surface area contributed by atoms with Gasteiger partial charge >= 0.3 is 0 Å². The summed E-state index contributed by atoms with van der Waals surface area (Å²) in [6.45, 7) is 2.55. The zero-order chi connectivity index (χ0) is 10.3. The van der Waals surface area contributed by atoms with E-state index in [0.717, 1.165) is 5.69 Å². The average molecular weight is 202 g/mol. The van der Waals surface area contributed by atoms with Crippen molar-refractivity contribution < 1.29 is 0 Å². The highest BCUT2D eigenvalue weighted by Gasteiger charge is 2.46. The standard InChI is InChI=1S/C13H18N2/c14-12-5-3-4-11(10-12)13-6-1-2-8-15(13)9-7-13/h3-5,10H,1-2,6-9,14H2. The summed E-state index contributed by atoms with van der Waals surface area (Å²) < 4.78 is 0. The number of rotatable bonds is 1. The van der Waals surface area contributed by atoms with Crippen molar-refractivity contribution in [1.29, 1.82) is 0 Å². The van der Waals surface area contributed by atoms with Gasteiger partial charge in [0.1, 0.15) is 0 Å². The summed E-state index contributed by atoms with van der Waals surface area (Å²) in [5.41, 5.74) is 8.57. The fraction of sp³-hybridized carbons (Fsp3) is 0.538.